The lowest BCUT2D eigenvalue weighted by Crippen LogP contribution is -3.08. The zero-order valence-electron chi connectivity index (χ0n) is 17.0. The van der Waals surface area contributed by atoms with E-state index in [0.717, 1.165) is 10.5 Å². The Bertz CT molecular complexity index is 928. The fourth-order valence-corrected chi connectivity index (χ4v) is 3.21. The molecule has 0 bridgehead atoms. The highest BCUT2D eigenvalue weighted by atomic mass is 16.7. The molecule has 0 aliphatic carbocycles. The summed E-state index contributed by atoms with van der Waals surface area (Å²) in [5, 5.41) is 2.82. The molecule has 8 heteroatoms. The lowest BCUT2D eigenvalue weighted by atomic mass is 10.1. The summed E-state index contributed by atoms with van der Waals surface area (Å²) in [5.41, 5.74) is 1.83. The Morgan fingerprint density at radius 1 is 1.07 bits per heavy atom. The summed E-state index contributed by atoms with van der Waals surface area (Å²) in [6.07, 6.45) is 0. The molecule has 2 aromatic rings. The minimum absolute atomic E-state index is 0.0995. The van der Waals surface area contributed by atoms with Crippen molar-refractivity contribution >= 4 is 17.4 Å². The van der Waals surface area contributed by atoms with Gasteiger partial charge in [0.15, 0.2) is 35.3 Å². The number of likely N-dealkylation sites (N-methyl/N-ethyl adjacent to an activating group) is 1. The highest BCUT2D eigenvalue weighted by molar-refractivity contribution is 6.04. The summed E-state index contributed by atoms with van der Waals surface area (Å²) in [6.45, 7) is 2.39. The quantitative estimate of drug-likeness (QED) is 0.648. The lowest BCUT2D eigenvalue weighted by molar-refractivity contribution is -0.885. The number of methoxy groups -OCH3 is 2. The van der Waals surface area contributed by atoms with E-state index in [4.69, 9.17) is 18.9 Å². The molecule has 0 spiro atoms. The van der Waals surface area contributed by atoms with E-state index < -0.39 is 0 Å². The summed E-state index contributed by atoms with van der Waals surface area (Å²) in [4.78, 5) is 25.5. The fraction of sp³-hybridized carbons (Fsp3) is 0.333. The number of rotatable bonds is 8. The Morgan fingerprint density at radius 2 is 1.76 bits per heavy atom. The Balaban J connectivity index is 1.66. The van der Waals surface area contributed by atoms with Gasteiger partial charge in [0.1, 0.15) is 6.54 Å². The number of ketones is 1. The van der Waals surface area contributed by atoms with E-state index in [-0.39, 0.29) is 25.0 Å². The van der Waals surface area contributed by atoms with Gasteiger partial charge in [-0.25, -0.2) is 0 Å². The van der Waals surface area contributed by atoms with Crippen LogP contribution in [0.5, 0.6) is 23.0 Å². The predicted octanol–water partition coefficient (Wildman–Crippen LogP) is 1.29. The first-order valence-electron chi connectivity index (χ1n) is 9.18. The van der Waals surface area contributed by atoms with Gasteiger partial charge < -0.3 is 29.2 Å². The van der Waals surface area contributed by atoms with E-state index in [2.05, 4.69) is 5.32 Å². The van der Waals surface area contributed by atoms with Crippen molar-refractivity contribution in [3.8, 4) is 23.0 Å². The highest BCUT2D eigenvalue weighted by Gasteiger charge is 2.21. The van der Waals surface area contributed by atoms with Crippen molar-refractivity contribution in [2.75, 3.05) is 39.9 Å². The molecule has 0 radical (unpaired) electrons. The maximum atomic E-state index is 12.6. The van der Waals surface area contributed by atoms with Crippen LogP contribution >= 0.6 is 0 Å². The number of ether oxygens (including phenoxy) is 4. The van der Waals surface area contributed by atoms with Crippen LogP contribution in [0.3, 0.4) is 0 Å². The largest absolute Gasteiger partial charge is 0.493 e. The van der Waals surface area contributed by atoms with Crippen LogP contribution in [0.4, 0.5) is 5.69 Å². The van der Waals surface area contributed by atoms with Crippen LogP contribution in [0, 0.1) is 0 Å². The first kappa shape index (κ1) is 20.5. The van der Waals surface area contributed by atoms with Gasteiger partial charge in [0.25, 0.3) is 5.91 Å². The number of quaternary nitrogens is 1. The van der Waals surface area contributed by atoms with Gasteiger partial charge in [0.2, 0.25) is 6.79 Å². The molecular formula is C21H25N2O6+. The molecule has 8 nitrogen and oxygen atoms in total. The highest BCUT2D eigenvalue weighted by Crippen LogP contribution is 2.37. The van der Waals surface area contributed by atoms with E-state index in [1.54, 1.807) is 26.4 Å². The summed E-state index contributed by atoms with van der Waals surface area (Å²) in [5.74, 6) is 1.95. The van der Waals surface area contributed by atoms with Crippen LogP contribution in [0.2, 0.25) is 0 Å². The van der Waals surface area contributed by atoms with Gasteiger partial charge in [0.05, 0.1) is 27.0 Å². The normalized spacial score (nSPS) is 13.0. The molecule has 1 aliphatic rings. The predicted molar refractivity (Wildman–Crippen MR) is 106 cm³/mol. The van der Waals surface area contributed by atoms with E-state index in [9.17, 15) is 9.59 Å². The minimum atomic E-state index is -0.204. The van der Waals surface area contributed by atoms with Gasteiger partial charge in [-0.2, -0.15) is 0 Å². The molecule has 0 saturated carbocycles. The molecule has 0 aromatic heterocycles. The Labute approximate surface area is 169 Å². The van der Waals surface area contributed by atoms with E-state index >= 15 is 0 Å². The first-order chi connectivity index (χ1) is 13.9. The van der Waals surface area contributed by atoms with Crippen molar-refractivity contribution in [1.29, 1.82) is 0 Å². The van der Waals surface area contributed by atoms with E-state index in [1.807, 2.05) is 25.2 Å². The minimum Gasteiger partial charge on any atom is -0.493 e. The fourth-order valence-electron chi connectivity index (χ4n) is 3.21. The van der Waals surface area contributed by atoms with Crippen LogP contribution < -0.4 is 29.2 Å². The first-order valence-corrected chi connectivity index (χ1v) is 9.18. The van der Waals surface area contributed by atoms with Crippen molar-refractivity contribution in [3.05, 3.63) is 41.5 Å². The third kappa shape index (κ3) is 4.78. The van der Waals surface area contributed by atoms with Crippen molar-refractivity contribution in [3.63, 3.8) is 0 Å². The van der Waals surface area contributed by atoms with Crippen LogP contribution in [-0.2, 0) is 11.3 Å². The van der Waals surface area contributed by atoms with E-state index in [1.165, 1.54) is 6.92 Å². The number of carbonyl (C=O) groups excluding carboxylic acids is 2. The maximum Gasteiger partial charge on any atom is 0.279 e. The molecule has 1 unspecified atom stereocenters. The number of anilines is 1. The van der Waals surface area contributed by atoms with Gasteiger partial charge in [0, 0.05) is 17.2 Å². The Hall–Kier alpha value is -3.26. The second kappa shape index (κ2) is 8.83. The zero-order valence-corrected chi connectivity index (χ0v) is 17.0. The molecule has 1 atom stereocenters. The van der Waals surface area contributed by atoms with Gasteiger partial charge in [-0.1, -0.05) is 0 Å². The summed E-state index contributed by atoms with van der Waals surface area (Å²) in [6, 6.07) is 8.90. The second-order valence-electron chi connectivity index (χ2n) is 6.86. The number of hydrogen-bond donors (Lipinski definition) is 2. The topological polar surface area (TPSA) is 87.5 Å². The number of hydrogen-bond acceptors (Lipinski definition) is 6. The van der Waals surface area contributed by atoms with Crippen molar-refractivity contribution in [2.45, 2.75) is 13.5 Å². The van der Waals surface area contributed by atoms with Gasteiger partial charge in [-0.15, -0.1) is 0 Å². The molecule has 1 heterocycles. The molecular weight excluding hydrogens is 376 g/mol. The molecule has 1 amide bonds. The van der Waals surface area contributed by atoms with Crippen molar-refractivity contribution in [2.24, 2.45) is 0 Å². The van der Waals surface area contributed by atoms with Gasteiger partial charge in [-0.3, -0.25) is 9.59 Å². The van der Waals surface area contributed by atoms with Crippen molar-refractivity contribution < 1.29 is 33.4 Å². The average molecular weight is 401 g/mol. The molecule has 3 rings (SSSR count). The number of nitrogens with one attached hydrogen (secondary N) is 2. The molecule has 2 N–H and O–H groups in total. The molecule has 0 fully saturated rings. The number of carbonyl (C=O) groups is 2. The third-order valence-electron chi connectivity index (χ3n) is 4.58. The monoisotopic (exact) mass is 401 g/mol. The SMILES string of the molecule is COc1ccc(C[NH+](C)CC(=O)Nc2cc3c(cc2C(C)=O)OCO3)cc1OC. The molecule has 29 heavy (non-hydrogen) atoms. The smallest absolute Gasteiger partial charge is 0.279 e. The maximum absolute atomic E-state index is 12.6. The number of Topliss-reactive ketones (excluding diaryl/α,β-unsaturated/α-hetero) is 1. The molecule has 1 aliphatic heterocycles. The summed E-state index contributed by atoms with van der Waals surface area (Å²) in [7, 11) is 5.09. The number of fused-ring (bicyclic) bond motifs is 1. The van der Waals surface area contributed by atoms with Crippen LogP contribution in [-0.4, -0.2) is 46.3 Å². The zero-order chi connectivity index (χ0) is 21.0. The van der Waals surface area contributed by atoms with Crippen LogP contribution in [0.1, 0.15) is 22.8 Å². The summed E-state index contributed by atoms with van der Waals surface area (Å²) >= 11 is 0. The number of benzene rings is 2. The third-order valence-corrected chi connectivity index (χ3v) is 4.58. The lowest BCUT2D eigenvalue weighted by Gasteiger charge is -2.16. The van der Waals surface area contributed by atoms with Crippen LogP contribution in [0.15, 0.2) is 30.3 Å². The van der Waals surface area contributed by atoms with Crippen molar-refractivity contribution in [1.82, 2.24) is 0 Å². The Kier molecular flexibility index (Phi) is 6.23. The second-order valence-corrected chi connectivity index (χ2v) is 6.86. The molecule has 0 saturated heterocycles. The summed E-state index contributed by atoms with van der Waals surface area (Å²) < 4.78 is 21.2. The van der Waals surface area contributed by atoms with Gasteiger partial charge >= 0.3 is 0 Å². The molecule has 2 aromatic carbocycles. The average Bonchev–Trinajstić information content (AvgIpc) is 3.14. The Morgan fingerprint density at radius 3 is 2.41 bits per heavy atom. The standard InChI is InChI=1S/C21H24N2O6/c1-13(24)15-8-19-20(29-12-28-19)9-16(15)22-21(25)11-23(2)10-14-5-6-17(26-3)18(7-14)27-4/h5-9H,10-12H2,1-4H3,(H,22,25)/p+1. The van der Waals surface area contributed by atoms with Gasteiger partial charge in [-0.05, 0) is 31.2 Å². The van der Waals surface area contributed by atoms with E-state index in [0.29, 0.717) is 40.8 Å². The van der Waals surface area contributed by atoms with Crippen LogP contribution in [0.25, 0.3) is 0 Å². The molecule has 154 valence electrons. The number of amides is 1.